The molecule has 2 nitrogen and oxygen atoms in total. The number of hydrogen-bond donors (Lipinski definition) is 0. The summed E-state index contributed by atoms with van der Waals surface area (Å²) in [4.78, 5) is 0. The largest absolute Gasteiger partial charge is 4.00 e. The van der Waals surface area contributed by atoms with Gasteiger partial charge in [-0.2, -0.15) is 0 Å². The second kappa shape index (κ2) is 30.7. The summed E-state index contributed by atoms with van der Waals surface area (Å²) in [7, 11) is 8.42. The first-order valence-corrected chi connectivity index (χ1v) is 3.57. The zero-order valence-electron chi connectivity index (χ0n) is 2.49. The van der Waals surface area contributed by atoms with Gasteiger partial charge >= 0.3 is 54.5 Å². The molecule has 0 aliphatic heterocycles. The van der Waals surface area contributed by atoms with Crippen LogP contribution in [0.3, 0.4) is 0 Å². The Labute approximate surface area is 65.1 Å². The molecule has 6 heteroatoms. The molecule has 0 bridgehead atoms. The molecule has 0 fully saturated rings. The standard InChI is InChI=1S/Fe.2O.2S.Ti/q;2*-2;;;+4. The molecule has 0 saturated carbocycles. The molecule has 0 heterocycles. The SMILES string of the molecule is [O-2].[O-2].[S]=[Fe]=[S].[Ti+4]. The molecule has 0 spiro atoms. The predicted molar refractivity (Wildman–Crippen MR) is 16.6 cm³/mol. The van der Waals surface area contributed by atoms with E-state index in [1.54, 1.807) is 0 Å². The third-order valence-corrected chi connectivity index (χ3v) is 0. The smallest absolute Gasteiger partial charge is 4.00 e. The Hall–Kier alpha value is 1.59. The third kappa shape index (κ3) is 46.5. The first kappa shape index (κ1) is 25.6. The van der Waals surface area contributed by atoms with Gasteiger partial charge in [-0.25, -0.2) is 0 Å². The topological polar surface area (TPSA) is 57.0 Å². The summed E-state index contributed by atoms with van der Waals surface area (Å²) in [6.07, 6.45) is 0. The predicted octanol–water partition coefficient (Wildman–Crippen LogP) is 1.05. The number of hydrogen-bond acceptors (Lipinski definition) is 2. The van der Waals surface area contributed by atoms with Crippen LogP contribution in [0.2, 0.25) is 0 Å². The van der Waals surface area contributed by atoms with Gasteiger partial charge in [-0.3, -0.25) is 0 Å². The molecule has 0 unspecified atom stereocenters. The maximum Gasteiger partial charge on any atom is 4.00 e. The van der Waals surface area contributed by atoms with Crippen LogP contribution in [0.1, 0.15) is 0 Å². The summed E-state index contributed by atoms with van der Waals surface area (Å²) in [5.41, 5.74) is 0. The average Bonchev–Trinajstić information content (AvgIpc) is 0.918. The van der Waals surface area contributed by atoms with E-state index in [1.165, 1.54) is 0 Å². The van der Waals surface area contributed by atoms with Crippen LogP contribution in [0.25, 0.3) is 0 Å². The molecule has 0 radical (unpaired) electrons. The normalized spacial score (nSPS) is 2.67. The Morgan fingerprint density at radius 2 is 1.00 bits per heavy atom. The van der Waals surface area contributed by atoms with Gasteiger partial charge in [0, 0.05) is 0 Å². The fourth-order valence-electron chi connectivity index (χ4n) is 0. The van der Waals surface area contributed by atoms with Crippen molar-refractivity contribution in [3.8, 4) is 0 Å². The first-order chi connectivity index (χ1) is 1.41. The van der Waals surface area contributed by atoms with Crippen LogP contribution in [-0.4, -0.2) is 0 Å². The fraction of sp³-hybridized carbons (Fsp3) is 0. The quantitative estimate of drug-likeness (QED) is 0.548. The molecule has 0 aromatic heterocycles. The molecule has 0 aliphatic rings. The van der Waals surface area contributed by atoms with Gasteiger partial charge in [-0.15, -0.1) is 0 Å². The van der Waals surface area contributed by atoms with Crippen molar-refractivity contribution < 1.29 is 44.4 Å². The molecule has 6 heavy (non-hydrogen) atoms. The van der Waals surface area contributed by atoms with Crippen molar-refractivity contribution in [3.63, 3.8) is 0 Å². The molecule has 0 N–H and O–H groups in total. The van der Waals surface area contributed by atoms with Gasteiger partial charge in [-0.05, 0) is 0 Å². The van der Waals surface area contributed by atoms with Crippen LogP contribution < -0.4 is 0 Å². The van der Waals surface area contributed by atoms with E-state index in [2.05, 4.69) is 21.1 Å². The second-order valence-corrected chi connectivity index (χ2v) is 2.19. The average molecular weight is 200 g/mol. The molecule has 0 aromatic rings. The summed E-state index contributed by atoms with van der Waals surface area (Å²) < 4.78 is 0. The third-order valence-electron chi connectivity index (χ3n) is 0. The van der Waals surface area contributed by atoms with Gasteiger partial charge in [0.05, 0.1) is 0 Å². The van der Waals surface area contributed by atoms with Crippen molar-refractivity contribution in [2.75, 3.05) is 0 Å². The van der Waals surface area contributed by atoms with Gasteiger partial charge in [-0.1, -0.05) is 0 Å². The van der Waals surface area contributed by atoms with Crippen molar-refractivity contribution in [1.29, 1.82) is 0 Å². The van der Waals surface area contributed by atoms with E-state index >= 15 is 0 Å². The van der Waals surface area contributed by atoms with E-state index in [4.69, 9.17) is 0 Å². The van der Waals surface area contributed by atoms with Crippen molar-refractivity contribution in [3.05, 3.63) is 0 Å². The Morgan fingerprint density at radius 3 is 1.00 bits per heavy atom. The van der Waals surface area contributed by atoms with Crippen molar-refractivity contribution in [2.24, 2.45) is 0 Å². The van der Waals surface area contributed by atoms with Crippen LogP contribution >= 0.6 is 21.1 Å². The van der Waals surface area contributed by atoms with E-state index < -0.39 is 0 Å². The summed E-state index contributed by atoms with van der Waals surface area (Å²) >= 11 is 0.417. The van der Waals surface area contributed by atoms with Gasteiger partial charge < -0.3 is 11.0 Å². The maximum absolute atomic E-state index is 4.21. The van der Waals surface area contributed by atoms with Gasteiger partial charge in [0.1, 0.15) is 0 Å². The molecule has 0 aromatic carbocycles. The second-order valence-electron chi connectivity index (χ2n) is 0.0589. The van der Waals surface area contributed by atoms with Crippen molar-refractivity contribution in [1.82, 2.24) is 0 Å². The summed E-state index contributed by atoms with van der Waals surface area (Å²) in [5.74, 6) is 0. The molecular formula is FeO2S2Ti. The minimum Gasteiger partial charge on any atom is 4.00 e. The Balaban J connectivity index is -0.00000000667. The summed E-state index contributed by atoms with van der Waals surface area (Å²) in [6.45, 7) is 0. The molecule has 36 valence electrons. The Kier molecular flexibility index (Phi) is 131. The van der Waals surface area contributed by atoms with E-state index in [9.17, 15) is 0 Å². The number of rotatable bonds is 0. The van der Waals surface area contributed by atoms with E-state index in [1.807, 2.05) is 0 Å². The zero-order valence-corrected chi connectivity index (χ0v) is 6.79. The minimum absolute atomic E-state index is 0. The van der Waals surface area contributed by atoms with Gasteiger partial charge in [0.2, 0.25) is 0 Å². The van der Waals surface area contributed by atoms with Crippen LogP contribution in [0, 0.1) is 0 Å². The van der Waals surface area contributed by atoms with E-state index in [0.29, 0.717) is 11.7 Å². The van der Waals surface area contributed by atoms with Crippen LogP contribution in [0.5, 0.6) is 0 Å². The van der Waals surface area contributed by atoms with E-state index in [0.717, 1.165) is 0 Å². The van der Waals surface area contributed by atoms with Crippen LogP contribution in [0.4, 0.5) is 0 Å². The molecule has 0 aliphatic carbocycles. The first-order valence-electron chi connectivity index (χ1n) is 0.289. The van der Waals surface area contributed by atoms with Crippen molar-refractivity contribution in [2.45, 2.75) is 0 Å². The fourth-order valence-corrected chi connectivity index (χ4v) is 0. The van der Waals surface area contributed by atoms with Crippen LogP contribution in [-0.2, 0) is 44.4 Å². The minimum atomic E-state index is 0. The maximum atomic E-state index is 4.21. The molecule has 0 saturated heterocycles. The molecular weight excluding hydrogens is 200 g/mol. The van der Waals surface area contributed by atoms with E-state index in [-0.39, 0.29) is 32.7 Å². The van der Waals surface area contributed by atoms with Gasteiger partial charge in [0.25, 0.3) is 0 Å². The summed E-state index contributed by atoms with van der Waals surface area (Å²) in [6, 6.07) is 0. The molecule has 0 rings (SSSR count). The van der Waals surface area contributed by atoms with Crippen LogP contribution in [0.15, 0.2) is 0 Å². The Morgan fingerprint density at radius 1 is 1.00 bits per heavy atom. The Bertz CT molecular complexity index is 32.5. The molecule has 0 atom stereocenters. The van der Waals surface area contributed by atoms with Gasteiger partial charge in [0.15, 0.2) is 0 Å². The zero-order chi connectivity index (χ0) is 2.71. The van der Waals surface area contributed by atoms with Crippen molar-refractivity contribution >= 4 is 21.1 Å². The monoisotopic (exact) mass is 200 g/mol. The molecule has 0 amide bonds. The summed E-state index contributed by atoms with van der Waals surface area (Å²) in [5, 5.41) is 0.